The first-order valence-corrected chi connectivity index (χ1v) is 8.87. The molecule has 0 aliphatic rings. The third-order valence-electron chi connectivity index (χ3n) is 4.23. The highest BCUT2D eigenvalue weighted by Gasteiger charge is 2.22. The van der Waals surface area contributed by atoms with Gasteiger partial charge in [0.25, 0.3) is 11.8 Å². The van der Waals surface area contributed by atoms with Crippen molar-refractivity contribution in [3.63, 3.8) is 0 Å². The number of hydrogen-bond acceptors (Lipinski definition) is 6. The smallest absolute Gasteiger partial charge is 0.325 e. The number of aryl methyl sites for hydroxylation is 1. The Morgan fingerprint density at radius 2 is 1.70 bits per heavy atom. The highest BCUT2D eigenvalue weighted by molar-refractivity contribution is 6.09. The van der Waals surface area contributed by atoms with E-state index < -0.39 is 23.6 Å². The molecule has 0 bridgehead atoms. The van der Waals surface area contributed by atoms with Crippen molar-refractivity contribution < 1.29 is 28.0 Å². The van der Waals surface area contributed by atoms with Crippen molar-refractivity contribution in [1.29, 1.82) is 0 Å². The predicted octanol–water partition coefficient (Wildman–Crippen LogP) is 2.94. The van der Waals surface area contributed by atoms with Gasteiger partial charge in [-0.25, -0.2) is 4.39 Å². The first-order chi connectivity index (χ1) is 14.4. The van der Waals surface area contributed by atoms with E-state index in [9.17, 15) is 18.8 Å². The van der Waals surface area contributed by atoms with E-state index in [2.05, 4.69) is 20.5 Å². The van der Waals surface area contributed by atoms with Crippen molar-refractivity contribution in [2.45, 2.75) is 6.92 Å². The predicted molar refractivity (Wildman–Crippen MR) is 105 cm³/mol. The van der Waals surface area contributed by atoms with Crippen LogP contribution in [0.2, 0.25) is 0 Å². The lowest BCUT2D eigenvalue weighted by molar-refractivity contribution is -0.139. The van der Waals surface area contributed by atoms with Crippen molar-refractivity contribution >= 4 is 23.5 Å². The third kappa shape index (κ3) is 4.69. The maximum atomic E-state index is 13.2. The monoisotopic (exact) mass is 411 g/mol. The molecular formula is C21H18FN3O5. The molecule has 30 heavy (non-hydrogen) atoms. The van der Waals surface area contributed by atoms with Crippen LogP contribution in [0.1, 0.15) is 26.5 Å². The van der Waals surface area contributed by atoms with Crippen LogP contribution in [0.4, 0.5) is 10.1 Å². The summed E-state index contributed by atoms with van der Waals surface area (Å²) in [6, 6.07) is 11.6. The maximum Gasteiger partial charge on any atom is 0.325 e. The molecule has 0 saturated heterocycles. The van der Waals surface area contributed by atoms with Crippen LogP contribution < -0.4 is 10.6 Å². The van der Waals surface area contributed by atoms with Crippen LogP contribution >= 0.6 is 0 Å². The Balaban J connectivity index is 1.72. The molecule has 0 aliphatic carbocycles. The Bertz CT molecular complexity index is 1080. The fourth-order valence-corrected chi connectivity index (χ4v) is 2.67. The van der Waals surface area contributed by atoms with Gasteiger partial charge >= 0.3 is 5.97 Å². The number of nitrogens with one attached hydrogen (secondary N) is 2. The molecule has 9 heteroatoms. The summed E-state index contributed by atoms with van der Waals surface area (Å²) >= 11 is 0. The quantitative estimate of drug-likeness (QED) is 0.604. The van der Waals surface area contributed by atoms with Gasteiger partial charge in [0.2, 0.25) is 0 Å². The van der Waals surface area contributed by atoms with Gasteiger partial charge in [-0.2, -0.15) is 0 Å². The van der Waals surface area contributed by atoms with Crippen molar-refractivity contribution in [2.24, 2.45) is 0 Å². The summed E-state index contributed by atoms with van der Waals surface area (Å²) in [5.74, 6) is -1.57. The number of nitrogens with zero attached hydrogens (tertiary/aromatic N) is 1. The van der Waals surface area contributed by atoms with E-state index in [0.29, 0.717) is 28.3 Å². The number of esters is 1. The molecule has 2 N–H and O–H groups in total. The minimum atomic E-state index is -0.562. The molecule has 2 aromatic carbocycles. The maximum absolute atomic E-state index is 13.2. The molecule has 3 rings (SSSR count). The fraction of sp³-hybridized carbons (Fsp3) is 0.143. The SMILES string of the molecule is COC(=O)CNC(=O)c1ccc(NC(=O)c2c(-c3ccc(F)cc3)noc2C)cc1. The van der Waals surface area contributed by atoms with Gasteiger partial charge in [-0.1, -0.05) is 5.16 Å². The number of amides is 2. The van der Waals surface area contributed by atoms with E-state index in [0.717, 1.165) is 0 Å². The molecule has 0 spiro atoms. The molecule has 8 nitrogen and oxygen atoms in total. The molecule has 1 aromatic heterocycles. The largest absolute Gasteiger partial charge is 0.468 e. The number of methoxy groups -OCH3 is 1. The van der Waals surface area contributed by atoms with E-state index in [4.69, 9.17) is 4.52 Å². The Morgan fingerprint density at radius 1 is 1.03 bits per heavy atom. The summed E-state index contributed by atoms with van der Waals surface area (Å²) in [5.41, 5.74) is 1.81. The first kappa shape index (κ1) is 20.7. The van der Waals surface area contributed by atoms with Gasteiger partial charge in [0, 0.05) is 16.8 Å². The number of anilines is 1. The minimum Gasteiger partial charge on any atom is -0.468 e. The molecule has 1 heterocycles. The van der Waals surface area contributed by atoms with Crippen LogP contribution in [0, 0.1) is 12.7 Å². The summed E-state index contributed by atoms with van der Waals surface area (Å²) < 4.78 is 22.8. The number of rotatable bonds is 6. The highest BCUT2D eigenvalue weighted by Crippen LogP contribution is 2.26. The van der Waals surface area contributed by atoms with Gasteiger partial charge in [-0.15, -0.1) is 0 Å². The highest BCUT2D eigenvalue weighted by atomic mass is 19.1. The molecular weight excluding hydrogens is 393 g/mol. The molecule has 0 atom stereocenters. The zero-order valence-electron chi connectivity index (χ0n) is 16.2. The molecule has 0 aliphatic heterocycles. The second-order valence-corrected chi connectivity index (χ2v) is 6.26. The number of halogens is 1. The number of carbonyl (C=O) groups excluding carboxylic acids is 3. The molecule has 154 valence electrons. The van der Waals surface area contributed by atoms with E-state index in [1.165, 1.54) is 43.5 Å². The average Bonchev–Trinajstić information content (AvgIpc) is 3.14. The van der Waals surface area contributed by atoms with Crippen LogP contribution in [0.25, 0.3) is 11.3 Å². The molecule has 0 radical (unpaired) electrons. The third-order valence-corrected chi connectivity index (χ3v) is 4.23. The van der Waals surface area contributed by atoms with Crippen molar-refractivity contribution in [2.75, 3.05) is 19.0 Å². The van der Waals surface area contributed by atoms with Gasteiger partial charge in [0.05, 0.1) is 7.11 Å². The van der Waals surface area contributed by atoms with Gasteiger partial charge in [-0.3, -0.25) is 14.4 Å². The zero-order chi connectivity index (χ0) is 21.7. The molecule has 2 amide bonds. The number of ether oxygens (including phenoxy) is 1. The number of aromatic nitrogens is 1. The van der Waals surface area contributed by atoms with E-state index in [-0.39, 0.29) is 12.1 Å². The molecule has 0 unspecified atom stereocenters. The topological polar surface area (TPSA) is 111 Å². The molecule has 3 aromatic rings. The number of hydrogen-bond donors (Lipinski definition) is 2. The lowest BCUT2D eigenvalue weighted by Crippen LogP contribution is -2.30. The van der Waals surface area contributed by atoms with Gasteiger partial charge in [-0.05, 0) is 55.5 Å². The summed E-state index contributed by atoms with van der Waals surface area (Å²) in [4.78, 5) is 35.9. The Morgan fingerprint density at radius 3 is 2.33 bits per heavy atom. The molecule has 0 saturated carbocycles. The summed E-state index contributed by atoms with van der Waals surface area (Å²) in [6.07, 6.45) is 0. The summed E-state index contributed by atoms with van der Waals surface area (Å²) in [6.45, 7) is 1.36. The Labute approximate surface area is 171 Å². The van der Waals surface area contributed by atoms with Crippen molar-refractivity contribution in [1.82, 2.24) is 10.5 Å². The lowest BCUT2D eigenvalue weighted by Gasteiger charge is -2.08. The van der Waals surface area contributed by atoms with Gasteiger partial charge in [0.1, 0.15) is 29.4 Å². The van der Waals surface area contributed by atoms with Crippen LogP contribution in [0.15, 0.2) is 53.1 Å². The summed E-state index contributed by atoms with van der Waals surface area (Å²) in [7, 11) is 1.23. The lowest BCUT2D eigenvalue weighted by atomic mass is 10.1. The van der Waals surface area contributed by atoms with Crippen LogP contribution in [0.3, 0.4) is 0 Å². The second kappa shape index (κ2) is 8.99. The zero-order valence-corrected chi connectivity index (χ0v) is 16.2. The first-order valence-electron chi connectivity index (χ1n) is 8.87. The van der Waals surface area contributed by atoms with Crippen molar-refractivity contribution in [3.8, 4) is 11.3 Å². The normalized spacial score (nSPS) is 10.4. The standard InChI is InChI=1S/C21H18FN3O5/c1-12-18(19(25-30-12)13-3-7-15(22)8-4-13)21(28)24-16-9-5-14(6-10-16)20(27)23-11-17(26)29-2/h3-10H,11H2,1-2H3,(H,23,27)(H,24,28). The number of carbonyl (C=O) groups is 3. The Kier molecular flexibility index (Phi) is 6.21. The van der Waals surface area contributed by atoms with Gasteiger partial charge < -0.3 is 19.9 Å². The van der Waals surface area contributed by atoms with Crippen LogP contribution in [-0.2, 0) is 9.53 Å². The number of benzene rings is 2. The average molecular weight is 411 g/mol. The van der Waals surface area contributed by atoms with E-state index >= 15 is 0 Å². The van der Waals surface area contributed by atoms with E-state index in [1.54, 1.807) is 19.1 Å². The van der Waals surface area contributed by atoms with Crippen LogP contribution in [0.5, 0.6) is 0 Å². The molecule has 0 fully saturated rings. The summed E-state index contributed by atoms with van der Waals surface area (Å²) in [5, 5.41) is 9.04. The van der Waals surface area contributed by atoms with Gasteiger partial charge in [0.15, 0.2) is 0 Å². The fourth-order valence-electron chi connectivity index (χ4n) is 2.67. The Hall–Kier alpha value is -4.01. The van der Waals surface area contributed by atoms with E-state index in [1.807, 2.05) is 0 Å². The second-order valence-electron chi connectivity index (χ2n) is 6.26. The minimum absolute atomic E-state index is 0.224. The van der Waals surface area contributed by atoms with Crippen LogP contribution in [-0.4, -0.2) is 36.6 Å². The van der Waals surface area contributed by atoms with Crippen molar-refractivity contribution in [3.05, 3.63) is 71.2 Å².